The molecule has 0 unspecified atom stereocenters. The van der Waals surface area contributed by atoms with Gasteiger partial charge in [0.05, 0.1) is 5.41 Å². The molecule has 1 spiro atoms. The molecule has 4 aliphatic carbocycles. The minimum absolute atomic E-state index is 0.175. The number of fused-ring (bicyclic) bond motifs is 3. The predicted octanol–water partition coefficient (Wildman–Crippen LogP) is 2.50. The molecule has 0 radical (unpaired) electrons. The Kier molecular flexibility index (Phi) is 6.85. The summed E-state index contributed by atoms with van der Waals surface area (Å²) in [6, 6.07) is 0. The lowest BCUT2D eigenvalue weighted by atomic mass is 9.38. The van der Waals surface area contributed by atoms with Gasteiger partial charge in [-0.15, -0.1) is 0 Å². The third kappa shape index (κ3) is 3.81. The Bertz CT molecular complexity index is 1120. The van der Waals surface area contributed by atoms with Crippen molar-refractivity contribution in [3.63, 3.8) is 0 Å². The van der Waals surface area contributed by atoms with E-state index < -0.39 is 87.8 Å². The average molecular weight is 533 g/mol. The molecule has 4 rings (SSSR count). The maximum atomic E-state index is 14.6. The van der Waals surface area contributed by atoms with Crippen LogP contribution in [0.15, 0.2) is 12.2 Å². The lowest BCUT2D eigenvalue weighted by molar-refractivity contribution is -0.263. The van der Waals surface area contributed by atoms with Crippen molar-refractivity contribution in [2.24, 2.45) is 34.0 Å². The van der Waals surface area contributed by atoms with E-state index in [1.165, 1.54) is 27.7 Å². The Morgan fingerprint density at radius 1 is 0.868 bits per heavy atom. The van der Waals surface area contributed by atoms with Crippen molar-refractivity contribution in [1.29, 1.82) is 0 Å². The molecule has 38 heavy (non-hydrogen) atoms. The highest BCUT2D eigenvalue weighted by atomic mass is 16.6. The Morgan fingerprint density at radius 2 is 1.47 bits per heavy atom. The summed E-state index contributed by atoms with van der Waals surface area (Å²) < 4.78 is 23.0. The molecule has 8 atom stereocenters. The highest BCUT2D eigenvalue weighted by Gasteiger charge is 2.81. The van der Waals surface area contributed by atoms with Gasteiger partial charge in [-0.1, -0.05) is 20.4 Å². The third-order valence-electron chi connectivity index (χ3n) is 9.35. The van der Waals surface area contributed by atoms with Gasteiger partial charge in [0.15, 0.2) is 17.7 Å². The molecule has 4 saturated carbocycles. The first-order valence-corrected chi connectivity index (χ1v) is 13.0. The van der Waals surface area contributed by atoms with Gasteiger partial charge in [0.25, 0.3) is 0 Å². The predicted molar refractivity (Wildman–Crippen MR) is 130 cm³/mol. The third-order valence-corrected chi connectivity index (χ3v) is 9.35. The summed E-state index contributed by atoms with van der Waals surface area (Å²) in [6.07, 6.45) is -1.85. The molecule has 0 N–H and O–H groups in total. The lowest BCUT2D eigenvalue weighted by Crippen LogP contribution is -2.76. The Morgan fingerprint density at radius 3 is 2.03 bits per heavy atom. The fourth-order valence-corrected chi connectivity index (χ4v) is 8.34. The molecule has 0 aromatic heterocycles. The summed E-state index contributed by atoms with van der Waals surface area (Å²) in [5, 5.41) is 0. The SMILES string of the molecule is C=C1C(=O)[C@@]23C(=O)[C@@H](OC(C)=O)[C@@H]4C(C)(C)CC[C@H](OC(C)=O)[C@@]4(COC(C)=O)[C@@H]2CC[C@@H]1[C@H]3OC(C)=O. The van der Waals surface area contributed by atoms with Crippen molar-refractivity contribution in [3.8, 4) is 0 Å². The highest BCUT2D eigenvalue weighted by molar-refractivity contribution is 6.20. The van der Waals surface area contributed by atoms with Gasteiger partial charge in [0.2, 0.25) is 0 Å². The average Bonchev–Trinajstić information content (AvgIpc) is 2.91. The molecule has 0 amide bonds. The number of hydrogen-bond acceptors (Lipinski definition) is 10. The van der Waals surface area contributed by atoms with E-state index in [9.17, 15) is 28.8 Å². The molecule has 0 aromatic carbocycles. The molecule has 2 bridgehead atoms. The van der Waals surface area contributed by atoms with Gasteiger partial charge in [-0.25, -0.2) is 0 Å². The van der Waals surface area contributed by atoms with Gasteiger partial charge in [0, 0.05) is 39.5 Å². The zero-order valence-corrected chi connectivity index (χ0v) is 22.8. The summed E-state index contributed by atoms with van der Waals surface area (Å²) in [4.78, 5) is 78.0. The van der Waals surface area contributed by atoms with Gasteiger partial charge in [0.1, 0.15) is 24.2 Å². The van der Waals surface area contributed by atoms with Crippen LogP contribution >= 0.6 is 0 Å². The molecule has 10 nitrogen and oxygen atoms in total. The van der Waals surface area contributed by atoms with Crippen LogP contribution in [0, 0.1) is 34.0 Å². The molecule has 0 heterocycles. The van der Waals surface area contributed by atoms with E-state index in [1.807, 2.05) is 13.8 Å². The van der Waals surface area contributed by atoms with Crippen LogP contribution in [0.2, 0.25) is 0 Å². The summed E-state index contributed by atoms with van der Waals surface area (Å²) in [7, 11) is 0. The van der Waals surface area contributed by atoms with Crippen molar-refractivity contribution in [1.82, 2.24) is 0 Å². The Hall–Kier alpha value is -3.04. The number of carbonyl (C=O) groups excluding carboxylic acids is 6. The number of esters is 4. The second-order valence-corrected chi connectivity index (χ2v) is 11.9. The van der Waals surface area contributed by atoms with E-state index in [0.717, 1.165) is 0 Å². The molecule has 10 heteroatoms. The standard InChI is InChI=1S/C28H36O10/c1-13-18-8-9-19-27(12-35-14(2)29)20(36-15(3)30)10-11-26(6,7)22(27)21(37-16(4)31)24(34)28(19,23(13)33)25(18)38-17(5)32/h18-22,25H,1,8-12H2,2-7H3/t18-,19-,20-,21-,22+,25+,27+,28+/m0/s1. The van der Waals surface area contributed by atoms with Crippen molar-refractivity contribution in [3.05, 3.63) is 12.2 Å². The molecule has 0 aromatic rings. The van der Waals surface area contributed by atoms with Crippen molar-refractivity contribution < 1.29 is 47.7 Å². The Balaban J connectivity index is 2.08. The van der Waals surface area contributed by atoms with E-state index in [4.69, 9.17) is 18.9 Å². The number of ketones is 2. The van der Waals surface area contributed by atoms with Crippen LogP contribution in [0.3, 0.4) is 0 Å². The van der Waals surface area contributed by atoms with Crippen LogP contribution in [0.1, 0.15) is 67.2 Å². The summed E-state index contributed by atoms with van der Waals surface area (Å²) >= 11 is 0. The van der Waals surface area contributed by atoms with E-state index in [0.29, 0.717) is 25.7 Å². The summed E-state index contributed by atoms with van der Waals surface area (Å²) in [6.45, 7) is 12.4. The smallest absolute Gasteiger partial charge is 0.303 e. The summed E-state index contributed by atoms with van der Waals surface area (Å²) in [5.74, 6) is -5.97. The van der Waals surface area contributed by atoms with Gasteiger partial charge < -0.3 is 18.9 Å². The van der Waals surface area contributed by atoms with Crippen molar-refractivity contribution in [2.45, 2.75) is 85.5 Å². The molecular formula is C28H36O10. The van der Waals surface area contributed by atoms with E-state index in [1.54, 1.807) is 0 Å². The minimum Gasteiger partial charge on any atom is -0.465 e. The van der Waals surface area contributed by atoms with Gasteiger partial charge in [-0.2, -0.15) is 0 Å². The second-order valence-electron chi connectivity index (χ2n) is 11.9. The number of ether oxygens (including phenoxy) is 4. The van der Waals surface area contributed by atoms with Crippen molar-refractivity contribution >= 4 is 35.4 Å². The van der Waals surface area contributed by atoms with Crippen LogP contribution in [0.4, 0.5) is 0 Å². The molecule has 208 valence electrons. The van der Waals surface area contributed by atoms with Gasteiger partial charge in [-0.3, -0.25) is 28.8 Å². The Labute approximate surface area is 221 Å². The lowest BCUT2D eigenvalue weighted by Gasteiger charge is -2.66. The topological polar surface area (TPSA) is 139 Å². The quantitative estimate of drug-likeness (QED) is 0.225. The summed E-state index contributed by atoms with van der Waals surface area (Å²) in [5.41, 5.74) is -3.69. The van der Waals surface area contributed by atoms with E-state index in [-0.39, 0.29) is 12.2 Å². The fourth-order valence-electron chi connectivity index (χ4n) is 8.34. The van der Waals surface area contributed by atoms with Gasteiger partial charge >= 0.3 is 23.9 Å². The number of carbonyl (C=O) groups is 6. The van der Waals surface area contributed by atoms with Crippen LogP contribution in [-0.4, -0.2) is 60.4 Å². The maximum absolute atomic E-state index is 14.6. The fraction of sp³-hybridized carbons (Fsp3) is 0.714. The number of rotatable bonds is 5. The minimum atomic E-state index is -1.92. The molecule has 0 aliphatic heterocycles. The highest BCUT2D eigenvalue weighted by Crippen LogP contribution is 2.71. The monoisotopic (exact) mass is 532 g/mol. The van der Waals surface area contributed by atoms with Crippen molar-refractivity contribution in [2.75, 3.05) is 6.61 Å². The second kappa shape index (κ2) is 9.31. The molecule has 4 aliphatic rings. The zero-order valence-electron chi connectivity index (χ0n) is 22.8. The van der Waals surface area contributed by atoms with Crippen LogP contribution in [0.5, 0.6) is 0 Å². The number of hydrogen-bond donors (Lipinski definition) is 0. The van der Waals surface area contributed by atoms with Crippen LogP contribution < -0.4 is 0 Å². The van der Waals surface area contributed by atoms with Crippen LogP contribution in [-0.2, 0) is 47.7 Å². The molecular weight excluding hydrogens is 496 g/mol. The number of Topliss-reactive ketones (excluding diaryl/α,β-unsaturated/α-hetero) is 2. The molecule has 4 fully saturated rings. The first kappa shape index (κ1) is 28.0. The van der Waals surface area contributed by atoms with Crippen LogP contribution in [0.25, 0.3) is 0 Å². The first-order valence-electron chi connectivity index (χ1n) is 13.0. The van der Waals surface area contributed by atoms with E-state index >= 15 is 0 Å². The maximum Gasteiger partial charge on any atom is 0.303 e. The van der Waals surface area contributed by atoms with E-state index in [2.05, 4.69) is 6.58 Å². The van der Waals surface area contributed by atoms with Gasteiger partial charge in [-0.05, 0) is 42.6 Å². The first-order chi connectivity index (χ1) is 17.6. The normalized spacial score (nSPS) is 38.9. The zero-order chi connectivity index (χ0) is 28.4. The largest absolute Gasteiger partial charge is 0.465 e. The molecule has 0 saturated heterocycles.